The van der Waals surface area contributed by atoms with Gasteiger partial charge in [0.25, 0.3) is 5.24 Å². The molecule has 2 aliphatic rings. The van der Waals surface area contributed by atoms with Gasteiger partial charge in [0.1, 0.15) is 18.2 Å². The molecule has 4 rings (SSSR count). The Labute approximate surface area is 199 Å². The molecule has 1 fully saturated rings. The first-order chi connectivity index (χ1) is 15.5. The summed E-state index contributed by atoms with van der Waals surface area (Å²) in [5.74, 6) is 1.23. The predicted molar refractivity (Wildman–Crippen MR) is 130 cm³/mol. The number of carbonyl (C=O) groups excluding carboxylic acids is 1. The number of fused-ring (bicyclic) bond motifs is 1. The summed E-state index contributed by atoms with van der Waals surface area (Å²) >= 11 is 1.37. The number of piperidine rings is 1. The second kappa shape index (κ2) is 9.13. The lowest BCUT2D eigenvalue weighted by atomic mass is 10.1. The first-order valence-corrected chi connectivity index (χ1v) is 13.8. The summed E-state index contributed by atoms with van der Waals surface area (Å²) in [6.07, 6.45) is 4.98. The van der Waals surface area contributed by atoms with Gasteiger partial charge in [-0.15, -0.1) is 0 Å². The van der Waals surface area contributed by atoms with Crippen molar-refractivity contribution in [1.82, 2.24) is 14.9 Å². The van der Waals surface area contributed by atoms with Crippen molar-refractivity contribution in [3.63, 3.8) is 0 Å². The number of ether oxygens (including phenoxy) is 1. The number of nitrogens with zero attached hydrogens (tertiary/aromatic N) is 4. The van der Waals surface area contributed by atoms with Gasteiger partial charge in [-0.2, -0.15) is 0 Å². The molecule has 0 spiro atoms. The Balaban J connectivity index is 1.40. The normalized spacial score (nSPS) is 17.2. The summed E-state index contributed by atoms with van der Waals surface area (Å²) in [6.45, 7) is 8.19. The highest BCUT2D eigenvalue weighted by atomic mass is 32.2. The third kappa shape index (κ3) is 5.78. The quantitative estimate of drug-likeness (QED) is 0.633. The van der Waals surface area contributed by atoms with Crippen LogP contribution in [0.3, 0.4) is 0 Å². The van der Waals surface area contributed by atoms with Crippen LogP contribution in [0, 0.1) is 0 Å². The molecule has 2 aromatic rings. The number of hydrogen-bond donors (Lipinski definition) is 0. The van der Waals surface area contributed by atoms with Crippen molar-refractivity contribution in [2.75, 3.05) is 30.8 Å². The van der Waals surface area contributed by atoms with E-state index in [2.05, 4.69) is 14.9 Å². The number of rotatable bonds is 4. The van der Waals surface area contributed by atoms with E-state index in [9.17, 15) is 13.2 Å². The topological polar surface area (TPSA) is 92.7 Å². The maximum atomic E-state index is 12.4. The van der Waals surface area contributed by atoms with Crippen LogP contribution in [0.15, 0.2) is 35.5 Å². The van der Waals surface area contributed by atoms with Crippen molar-refractivity contribution < 1.29 is 17.9 Å². The van der Waals surface area contributed by atoms with Crippen LogP contribution in [-0.4, -0.2) is 65.3 Å². The Kier molecular flexibility index (Phi) is 6.59. The third-order valence-electron chi connectivity index (χ3n) is 5.66. The van der Waals surface area contributed by atoms with Crippen molar-refractivity contribution in [3.8, 4) is 5.88 Å². The Morgan fingerprint density at radius 3 is 2.52 bits per heavy atom. The molecular weight excluding hydrogens is 460 g/mol. The summed E-state index contributed by atoms with van der Waals surface area (Å²) in [5, 5.41) is 0.122. The van der Waals surface area contributed by atoms with Crippen LogP contribution < -0.4 is 9.64 Å². The molecule has 1 saturated heterocycles. The number of amides is 1. The van der Waals surface area contributed by atoms with Gasteiger partial charge in [0.2, 0.25) is 5.88 Å². The molecular formula is C23H30N4O4S2. The first kappa shape index (κ1) is 23.8. The summed E-state index contributed by atoms with van der Waals surface area (Å²) in [7, 11) is -3.24. The Morgan fingerprint density at radius 1 is 1.12 bits per heavy atom. The molecule has 0 bridgehead atoms. The van der Waals surface area contributed by atoms with E-state index < -0.39 is 9.84 Å². The lowest BCUT2D eigenvalue weighted by Gasteiger charge is -2.33. The molecule has 1 amide bonds. The largest absolute Gasteiger partial charge is 0.474 e. The summed E-state index contributed by atoms with van der Waals surface area (Å²) in [4.78, 5) is 25.4. The van der Waals surface area contributed by atoms with Gasteiger partial charge in [0.05, 0.1) is 4.90 Å². The number of aromatic nitrogens is 2. The van der Waals surface area contributed by atoms with E-state index in [1.807, 2.05) is 37.8 Å². The average molecular weight is 491 g/mol. The van der Waals surface area contributed by atoms with Gasteiger partial charge >= 0.3 is 0 Å². The first-order valence-electron chi connectivity index (χ1n) is 11.1. The third-order valence-corrected chi connectivity index (χ3v) is 7.82. The molecule has 0 radical (unpaired) electrons. The molecule has 33 heavy (non-hydrogen) atoms. The van der Waals surface area contributed by atoms with Gasteiger partial charge in [0, 0.05) is 55.2 Å². The van der Waals surface area contributed by atoms with Crippen molar-refractivity contribution in [3.05, 3.63) is 36.2 Å². The molecule has 1 aromatic carbocycles. The Morgan fingerprint density at radius 2 is 1.85 bits per heavy atom. The SMILES string of the molecule is CC(C)(C)SC(=O)N1CCC(Oc2cc(N3CCc4cc(S(C)(=O)=O)ccc43)ncn2)CC1. The number of benzene rings is 1. The molecule has 0 saturated carbocycles. The number of hydrogen-bond acceptors (Lipinski definition) is 8. The molecule has 10 heteroatoms. The molecule has 2 aliphatic heterocycles. The van der Waals surface area contributed by atoms with E-state index in [0.29, 0.717) is 30.4 Å². The van der Waals surface area contributed by atoms with Gasteiger partial charge in [-0.25, -0.2) is 18.4 Å². The van der Waals surface area contributed by atoms with Crippen LogP contribution in [-0.2, 0) is 16.3 Å². The zero-order valence-electron chi connectivity index (χ0n) is 19.4. The van der Waals surface area contributed by atoms with E-state index in [1.165, 1.54) is 24.3 Å². The smallest absolute Gasteiger partial charge is 0.282 e. The van der Waals surface area contributed by atoms with Crippen molar-refractivity contribution >= 4 is 38.3 Å². The molecule has 8 nitrogen and oxygen atoms in total. The number of thioether (sulfide) groups is 1. The molecule has 0 aliphatic carbocycles. The average Bonchev–Trinajstić information content (AvgIpc) is 3.16. The molecule has 178 valence electrons. The zero-order chi connectivity index (χ0) is 23.8. The standard InChI is InChI=1S/C23H30N4O4S2/c1-23(2,3)32-22(28)26-10-8-17(9-11-26)31-21-14-20(24-15-25-21)27-12-7-16-13-18(33(4,29)30)5-6-19(16)27/h5-6,13-15,17H,7-12H2,1-4H3. The molecule has 0 unspecified atom stereocenters. The predicted octanol–water partition coefficient (Wildman–Crippen LogP) is 4.07. The fraction of sp³-hybridized carbons (Fsp3) is 0.522. The Bertz CT molecular complexity index is 1140. The van der Waals surface area contributed by atoms with Gasteiger partial charge in [-0.3, -0.25) is 4.79 Å². The van der Waals surface area contributed by atoms with Crippen LogP contribution in [0.2, 0.25) is 0 Å². The number of anilines is 2. The van der Waals surface area contributed by atoms with Gasteiger partial charge in [0.15, 0.2) is 9.84 Å². The highest BCUT2D eigenvalue weighted by molar-refractivity contribution is 8.14. The summed E-state index contributed by atoms with van der Waals surface area (Å²) in [5.41, 5.74) is 1.94. The van der Waals surface area contributed by atoms with Crippen molar-refractivity contribution in [2.45, 2.75) is 55.8 Å². The van der Waals surface area contributed by atoms with Crippen LogP contribution in [0.25, 0.3) is 0 Å². The van der Waals surface area contributed by atoms with Crippen LogP contribution in [0.1, 0.15) is 39.2 Å². The van der Waals surface area contributed by atoms with E-state index in [-0.39, 0.29) is 16.1 Å². The lowest BCUT2D eigenvalue weighted by Crippen LogP contribution is -2.41. The van der Waals surface area contributed by atoms with Crippen molar-refractivity contribution in [2.24, 2.45) is 0 Å². The maximum absolute atomic E-state index is 12.4. The van der Waals surface area contributed by atoms with Gasteiger partial charge in [-0.05, 0) is 30.2 Å². The van der Waals surface area contributed by atoms with Gasteiger partial charge < -0.3 is 14.5 Å². The lowest BCUT2D eigenvalue weighted by molar-refractivity contribution is 0.115. The minimum atomic E-state index is -3.24. The fourth-order valence-electron chi connectivity index (χ4n) is 4.04. The van der Waals surface area contributed by atoms with E-state index in [0.717, 1.165) is 36.3 Å². The highest BCUT2D eigenvalue weighted by Crippen LogP contribution is 2.36. The second-order valence-electron chi connectivity index (χ2n) is 9.46. The molecule has 0 atom stereocenters. The number of sulfone groups is 1. The maximum Gasteiger partial charge on any atom is 0.282 e. The number of likely N-dealkylation sites (tertiary alicyclic amines) is 1. The molecule has 1 aromatic heterocycles. The summed E-state index contributed by atoms with van der Waals surface area (Å²) < 4.78 is 29.8. The highest BCUT2D eigenvalue weighted by Gasteiger charge is 2.28. The summed E-state index contributed by atoms with van der Waals surface area (Å²) in [6, 6.07) is 7.05. The Hall–Kier alpha value is -2.33. The van der Waals surface area contributed by atoms with E-state index in [4.69, 9.17) is 4.74 Å². The number of carbonyl (C=O) groups is 1. The second-order valence-corrected chi connectivity index (χ2v) is 13.3. The van der Waals surface area contributed by atoms with Crippen LogP contribution >= 0.6 is 11.8 Å². The van der Waals surface area contributed by atoms with E-state index in [1.54, 1.807) is 12.1 Å². The minimum Gasteiger partial charge on any atom is -0.474 e. The van der Waals surface area contributed by atoms with Crippen LogP contribution in [0.5, 0.6) is 5.88 Å². The molecule has 3 heterocycles. The van der Waals surface area contributed by atoms with Crippen molar-refractivity contribution in [1.29, 1.82) is 0 Å². The van der Waals surface area contributed by atoms with Gasteiger partial charge in [-0.1, -0.05) is 32.5 Å². The zero-order valence-corrected chi connectivity index (χ0v) is 21.1. The molecule has 0 N–H and O–H groups in total. The van der Waals surface area contributed by atoms with Crippen LogP contribution in [0.4, 0.5) is 16.3 Å². The fourth-order valence-corrected chi connectivity index (χ4v) is 5.55. The monoisotopic (exact) mass is 490 g/mol. The van der Waals surface area contributed by atoms with E-state index >= 15 is 0 Å². The minimum absolute atomic E-state index is 0.000352.